The molecule has 0 amide bonds. The smallest absolute Gasteiger partial charge is 0.287 e. The second kappa shape index (κ2) is 6.08. The molecule has 3 aromatic rings. The number of hydrogen-bond donors (Lipinski definition) is 0. The molecule has 0 spiro atoms. The van der Waals surface area contributed by atoms with Gasteiger partial charge in [0, 0.05) is 22.9 Å². The summed E-state index contributed by atoms with van der Waals surface area (Å²) in [4.78, 5) is 16.3. The van der Waals surface area contributed by atoms with Gasteiger partial charge in [-0.15, -0.1) is 0 Å². The van der Waals surface area contributed by atoms with Gasteiger partial charge in [0.2, 0.25) is 5.78 Å². The van der Waals surface area contributed by atoms with Gasteiger partial charge in [-0.05, 0) is 12.1 Å². The Morgan fingerprint density at radius 2 is 1.48 bits per heavy atom. The van der Waals surface area contributed by atoms with Gasteiger partial charge in [-0.25, -0.2) is 0 Å². The maximum absolute atomic E-state index is 14.3. The Labute approximate surface area is 132 Å². The van der Waals surface area contributed by atoms with E-state index in [1.165, 1.54) is 36.4 Å². The third-order valence-corrected chi connectivity index (χ3v) is 3.53. The van der Waals surface area contributed by atoms with Crippen LogP contribution in [0.25, 0.3) is 11.3 Å². The number of Topliss-reactive ketones (excluding diaryl/α,β-unsaturated/α-hetero) is 1. The third-order valence-electron chi connectivity index (χ3n) is 3.53. The van der Waals surface area contributed by atoms with Crippen LogP contribution in [0.3, 0.4) is 0 Å². The van der Waals surface area contributed by atoms with Gasteiger partial charge >= 0.3 is 5.92 Å². The van der Waals surface area contributed by atoms with Gasteiger partial charge < -0.3 is 0 Å². The number of alkyl halides is 2. The van der Waals surface area contributed by atoms with Gasteiger partial charge in [0.25, 0.3) is 0 Å². The molecule has 0 radical (unpaired) electrons. The molecule has 0 atom stereocenters. The van der Waals surface area contributed by atoms with Crippen LogP contribution in [0.15, 0.2) is 79.0 Å². The van der Waals surface area contributed by atoms with E-state index in [0.717, 1.165) is 11.3 Å². The van der Waals surface area contributed by atoms with Crippen molar-refractivity contribution < 1.29 is 13.6 Å². The largest absolute Gasteiger partial charge is 0.334 e. The maximum Gasteiger partial charge on any atom is 0.334 e. The van der Waals surface area contributed by atoms with Crippen LogP contribution in [0, 0.1) is 0 Å². The summed E-state index contributed by atoms with van der Waals surface area (Å²) in [5.41, 5.74) is 1.16. The second-order valence-corrected chi connectivity index (χ2v) is 5.06. The molecule has 114 valence electrons. The molecule has 4 heteroatoms. The zero-order valence-corrected chi connectivity index (χ0v) is 12.1. The number of hydrogen-bond acceptors (Lipinski definition) is 2. The number of carbonyl (C=O) groups excluding carboxylic acids is 1. The quantitative estimate of drug-likeness (QED) is 0.653. The van der Waals surface area contributed by atoms with Crippen molar-refractivity contribution >= 4 is 5.78 Å². The highest BCUT2D eigenvalue weighted by Crippen LogP contribution is 2.32. The van der Waals surface area contributed by atoms with E-state index in [1.54, 1.807) is 30.5 Å². The summed E-state index contributed by atoms with van der Waals surface area (Å²) in [6.07, 6.45) is 1.65. The van der Waals surface area contributed by atoms with E-state index in [4.69, 9.17) is 0 Å². The molecule has 1 aromatic heterocycles. The predicted molar refractivity (Wildman–Crippen MR) is 84.3 cm³/mol. The summed E-state index contributed by atoms with van der Waals surface area (Å²) in [6.45, 7) is 0. The summed E-state index contributed by atoms with van der Waals surface area (Å²) < 4.78 is 28.6. The second-order valence-electron chi connectivity index (χ2n) is 5.06. The molecule has 0 aliphatic carbocycles. The maximum atomic E-state index is 14.3. The minimum atomic E-state index is -3.55. The lowest BCUT2D eigenvalue weighted by molar-refractivity contribution is 0.00743. The zero-order valence-electron chi connectivity index (χ0n) is 12.1. The molecule has 23 heavy (non-hydrogen) atoms. The first kappa shape index (κ1) is 15.0. The Morgan fingerprint density at radius 3 is 2.09 bits per heavy atom. The number of pyridine rings is 1. The van der Waals surface area contributed by atoms with Crippen molar-refractivity contribution in [3.8, 4) is 11.3 Å². The van der Waals surface area contributed by atoms with Crippen molar-refractivity contribution in [3.63, 3.8) is 0 Å². The van der Waals surface area contributed by atoms with Crippen LogP contribution in [-0.2, 0) is 5.92 Å². The average molecular weight is 309 g/mol. The summed E-state index contributed by atoms with van der Waals surface area (Å²) in [7, 11) is 0. The van der Waals surface area contributed by atoms with Crippen molar-refractivity contribution in [2.45, 2.75) is 5.92 Å². The molecule has 0 aliphatic rings. The number of carbonyl (C=O) groups is 1. The van der Waals surface area contributed by atoms with Crippen LogP contribution in [-0.4, -0.2) is 10.8 Å². The Bertz CT molecular complexity index is 800. The molecule has 0 saturated carbocycles. The first-order valence-corrected chi connectivity index (χ1v) is 7.08. The zero-order chi connectivity index (χ0) is 16.3. The SMILES string of the molecule is O=C(c1ccc(-c2ccccn2)cc1)C(F)(F)c1ccccc1. The highest BCUT2D eigenvalue weighted by molar-refractivity contribution is 6.02. The number of ketones is 1. The molecule has 0 fully saturated rings. The van der Waals surface area contributed by atoms with E-state index in [1.807, 2.05) is 12.1 Å². The molecule has 1 heterocycles. The fourth-order valence-electron chi connectivity index (χ4n) is 2.29. The van der Waals surface area contributed by atoms with Crippen LogP contribution >= 0.6 is 0 Å². The van der Waals surface area contributed by atoms with Gasteiger partial charge in [0.1, 0.15) is 0 Å². The summed E-state index contributed by atoms with van der Waals surface area (Å²) >= 11 is 0. The number of rotatable bonds is 4. The lowest BCUT2D eigenvalue weighted by atomic mass is 9.97. The van der Waals surface area contributed by atoms with E-state index < -0.39 is 11.7 Å². The van der Waals surface area contributed by atoms with Gasteiger partial charge in [-0.3, -0.25) is 9.78 Å². The summed E-state index contributed by atoms with van der Waals surface area (Å²) in [5, 5.41) is 0. The fourth-order valence-corrected chi connectivity index (χ4v) is 2.29. The molecule has 0 aliphatic heterocycles. The van der Waals surface area contributed by atoms with E-state index >= 15 is 0 Å². The van der Waals surface area contributed by atoms with E-state index in [0.29, 0.717) is 0 Å². The van der Waals surface area contributed by atoms with Crippen molar-refractivity contribution in [2.75, 3.05) is 0 Å². The molecule has 0 saturated heterocycles. The van der Waals surface area contributed by atoms with Crippen LogP contribution in [0.4, 0.5) is 8.78 Å². The van der Waals surface area contributed by atoms with Gasteiger partial charge in [0.15, 0.2) is 0 Å². The Kier molecular flexibility index (Phi) is 3.98. The van der Waals surface area contributed by atoms with Crippen molar-refractivity contribution in [2.24, 2.45) is 0 Å². The molecule has 3 rings (SSSR count). The number of nitrogens with zero attached hydrogens (tertiary/aromatic N) is 1. The summed E-state index contributed by atoms with van der Waals surface area (Å²) in [5.74, 6) is -4.76. The molecule has 0 unspecified atom stereocenters. The molecule has 2 nitrogen and oxygen atoms in total. The highest BCUT2D eigenvalue weighted by Gasteiger charge is 2.41. The summed E-state index contributed by atoms with van der Waals surface area (Å²) in [6, 6.07) is 18.6. The van der Waals surface area contributed by atoms with Gasteiger partial charge in [-0.2, -0.15) is 8.78 Å². The normalized spacial score (nSPS) is 11.2. The monoisotopic (exact) mass is 309 g/mol. The standard InChI is InChI=1S/C19H13F2NO/c20-19(21,16-6-2-1-3-7-16)18(23)15-11-9-14(10-12-15)17-8-4-5-13-22-17/h1-13H. The molecular weight excluding hydrogens is 296 g/mol. The Balaban J connectivity index is 1.89. The number of benzene rings is 2. The van der Waals surface area contributed by atoms with Crippen LogP contribution in [0.5, 0.6) is 0 Å². The van der Waals surface area contributed by atoms with Gasteiger partial charge in [-0.1, -0.05) is 60.7 Å². The van der Waals surface area contributed by atoms with Crippen LogP contribution in [0.2, 0.25) is 0 Å². The number of halogens is 2. The van der Waals surface area contributed by atoms with Crippen molar-refractivity contribution in [1.82, 2.24) is 4.98 Å². The first-order valence-electron chi connectivity index (χ1n) is 7.08. The first-order chi connectivity index (χ1) is 11.1. The molecule has 2 aromatic carbocycles. The van der Waals surface area contributed by atoms with E-state index in [-0.39, 0.29) is 11.1 Å². The molecule has 0 bridgehead atoms. The van der Waals surface area contributed by atoms with Crippen molar-refractivity contribution in [1.29, 1.82) is 0 Å². The third kappa shape index (κ3) is 3.01. The highest BCUT2D eigenvalue weighted by atomic mass is 19.3. The minimum Gasteiger partial charge on any atom is -0.287 e. The Hall–Kier alpha value is -2.88. The van der Waals surface area contributed by atoms with Gasteiger partial charge in [0.05, 0.1) is 5.69 Å². The minimum absolute atomic E-state index is 0.0291. The Morgan fingerprint density at radius 1 is 0.826 bits per heavy atom. The average Bonchev–Trinajstić information content (AvgIpc) is 2.63. The fraction of sp³-hybridized carbons (Fsp3) is 0.0526. The van der Waals surface area contributed by atoms with E-state index in [9.17, 15) is 13.6 Å². The lowest BCUT2D eigenvalue weighted by Crippen LogP contribution is -2.26. The predicted octanol–water partition coefficient (Wildman–Crippen LogP) is 4.72. The van der Waals surface area contributed by atoms with Crippen LogP contribution in [0.1, 0.15) is 15.9 Å². The van der Waals surface area contributed by atoms with Crippen molar-refractivity contribution in [3.05, 3.63) is 90.1 Å². The van der Waals surface area contributed by atoms with Crippen LogP contribution < -0.4 is 0 Å². The molecular formula is C19H13F2NO. The topological polar surface area (TPSA) is 30.0 Å². The van der Waals surface area contributed by atoms with E-state index in [2.05, 4.69) is 4.98 Å². The number of aromatic nitrogens is 1. The lowest BCUT2D eigenvalue weighted by Gasteiger charge is -2.15. The molecule has 0 N–H and O–H groups in total.